The van der Waals surface area contributed by atoms with Gasteiger partial charge in [0.1, 0.15) is 24.4 Å². The van der Waals surface area contributed by atoms with Crippen molar-refractivity contribution in [1.29, 1.82) is 0 Å². The molecule has 0 saturated carbocycles. The summed E-state index contributed by atoms with van der Waals surface area (Å²) in [5.74, 6) is -0.209. The van der Waals surface area contributed by atoms with Gasteiger partial charge in [0, 0.05) is 5.38 Å². The molecule has 0 aromatic carbocycles. The van der Waals surface area contributed by atoms with Gasteiger partial charge in [-0.25, -0.2) is 18.7 Å². The number of phosphoric ester groups is 1. The van der Waals surface area contributed by atoms with Crippen LogP contribution < -0.4 is 11.3 Å². The van der Waals surface area contributed by atoms with E-state index in [1.807, 2.05) is 0 Å². The summed E-state index contributed by atoms with van der Waals surface area (Å²) in [4.78, 5) is 54.0. The molecule has 6 atom stereocenters. The first-order valence-electron chi connectivity index (χ1n) is 8.15. The summed E-state index contributed by atoms with van der Waals surface area (Å²) in [5.41, 5.74) is 5.06. The number of phosphoric acid groups is 3. The Morgan fingerprint density at radius 3 is 2.41 bits per heavy atom. The molecule has 32 heavy (non-hydrogen) atoms. The number of aromatic nitrogens is 2. The summed E-state index contributed by atoms with van der Waals surface area (Å²) in [6, 6.07) is 0. The third-order valence-electron chi connectivity index (χ3n) is 3.95. The standard InChI is InChI=1S/C11H16N3O14P3S/c12-11-13-5-3(10(17)14-11)2-32-9(5)8-7(16)6(15)4(26-8)1-25-30(21,22)28-31(23,24)27-29(18,19)20/h2,4,6-8,15-16H,1H2,(H,21,22)(H,23,24)(H2,18,19,20)(H3,12,13,14,17). The molecule has 0 aliphatic carbocycles. The van der Waals surface area contributed by atoms with E-state index in [1.54, 1.807) is 0 Å². The minimum Gasteiger partial charge on any atom is -0.387 e. The van der Waals surface area contributed by atoms with E-state index in [0.29, 0.717) is 0 Å². The number of nitrogen functional groups attached to an aromatic ring is 1. The minimum absolute atomic E-state index is 0.0982. The molecule has 1 fully saturated rings. The molecular formula is C11H16N3O14P3S. The fourth-order valence-electron chi connectivity index (χ4n) is 2.75. The van der Waals surface area contributed by atoms with E-state index >= 15 is 0 Å². The van der Waals surface area contributed by atoms with E-state index < -0.39 is 60.1 Å². The number of aliphatic hydroxyl groups is 2. The van der Waals surface area contributed by atoms with Crippen molar-refractivity contribution in [2.75, 3.05) is 12.3 Å². The van der Waals surface area contributed by atoms with Gasteiger partial charge in [0.05, 0.1) is 22.4 Å². The summed E-state index contributed by atoms with van der Waals surface area (Å²) in [7, 11) is -16.7. The van der Waals surface area contributed by atoms with Crippen LogP contribution in [0.1, 0.15) is 11.0 Å². The second-order valence-electron chi connectivity index (χ2n) is 6.28. The average Bonchev–Trinajstić information content (AvgIpc) is 3.12. The van der Waals surface area contributed by atoms with Crippen LogP contribution in [0.25, 0.3) is 10.9 Å². The second-order valence-corrected chi connectivity index (χ2v) is 11.6. The SMILES string of the molecule is Nc1nc2c(C3OC(COP(=O)(O)OP(=O)(O)OP(=O)(O)O)C(O)C3O)scc2c(=O)[nH]1. The van der Waals surface area contributed by atoms with Crippen molar-refractivity contribution in [2.45, 2.75) is 24.4 Å². The van der Waals surface area contributed by atoms with Crippen molar-refractivity contribution >= 4 is 51.7 Å². The molecule has 1 aliphatic rings. The van der Waals surface area contributed by atoms with E-state index in [0.717, 1.165) is 11.3 Å². The van der Waals surface area contributed by atoms with Crippen LogP contribution in [-0.2, 0) is 31.6 Å². The summed E-state index contributed by atoms with van der Waals surface area (Å²) in [6.07, 6.45) is -6.02. The number of ether oxygens (including phenoxy) is 1. The Morgan fingerprint density at radius 2 is 1.78 bits per heavy atom. The number of thiophene rings is 1. The number of fused-ring (bicyclic) bond motifs is 1. The normalized spacial score (nSPS) is 27.9. The topological polar surface area (TPSA) is 281 Å². The van der Waals surface area contributed by atoms with Crippen LogP contribution in [0.3, 0.4) is 0 Å². The number of hydrogen-bond acceptors (Lipinski definition) is 13. The van der Waals surface area contributed by atoms with Gasteiger partial charge in [-0.05, 0) is 0 Å². The number of nitrogens with two attached hydrogens (primary N) is 1. The first-order chi connectivity index (χ1) is 14.6. The van der Waals surface area contributed by atoms with Gasteiger partial charge in [-0.3, -0.25) is 14.3 Å². The third kappa shape index (κ3) is 5.88. The largest absolute Gasteiger partial charge is 0.490 e. The zero-order valence-electron chi connectivity index (χ0n) is 15.3. The van der Waals surface area contributed by atoms with Crippen LogP contribution in [0.2, 0.25) is 0 Å². The number of aromatic amines is 1. The summed E-state index contributed by atoms with van der Waals surface area (Å²) < 4.78 is 50.8. The lowest BCUT2D eigenvalue weighted by molar-refractivity contribution is -0.0210. The van der Waals surface area contributed by atoms with E-state index in [1.165, 1.54) is 5.38 Å². The molecule has 6 unspecified atom stereocenters. The Kier molecular flexibility index (Phi) is 7.14. The molecule has 180 valence electrons. The lowest BCUT2D eigenvalue weighted by Crippen LogP contribution is -2.33. The molecule has 0 radical (unpaired) electrons. The van der Waals surface area contributed by atoms with Crippen LogP contribution >= 0.6 is 34.8 Å². The first-order valence-corrected chi connectivity index (χ1v) is 13.6. The van der Waals surface area contributed by atoms with Crippen molar-refractivity contribution in [3.63, 3.8) is 0 Å². The Hall–Kier alpha value is -1.07. The molecule has 1 aliphatic heterocycles. The highest BCUT2D eigenvalue weighted by Gasteiger charge is 2.47. The average molecular weight is 539 g/mol. The zero-order chi connectivity index (χ0) is 24.1. The molecule has 1 saturated heterocycles. The molecule has 17 nitrogen and oxygen atoms in total. The minimum atomic E-state index is -5.72. The number of H-pyrrole nitrogens is 1. The van der Waals surface area contributed by atoms with Crippen molar-refractivity contribution in [3.05, 3.63) is 20.6 Å². The van der Waals surface area contributed by atoms with Crippen LogP contribution in [0.15, 0.2) is 10.2 Å². The van der Waals surface area contributed by atoms with E-state index in [4.69, 9.17) is 25.2 Å². The molecule has 21 heteroatoms. The van der Waals surface area contributed by atoms with Crippen LogP contribution in [0.4, 0.5) is 5.95 Å². The van der Waals surface area contributed by atoms with Gasteiger partial charge in [0.2, 0.25) is 5.95 Å². The van der Waals surface area contributed by atoms with E-state index in [9.17, 15) is 33.6 Å². The maximum absolute atomic E-state index is 11.9. The quantitative estimate of drug-likeness (QED) is 0.188. The van der Waals surface area contributed by atoms with Gasteiger partial charge in [-0.15, -0.1) is 11.3 Å². The Bertz CT molecular complexity index is 1210. The second kappa shape index (κ2) is 8.94. The molecule has 9 N–H and O–H groups in total. The zero-order valence-corrected chi connectivity index (χ0v) is 18.8. The maximum Gasteiger partial charge on any atom is 0.490 e. The number of aliphatic hydroxyl groups excluding tert-OH is 2. The summed E-state index contributed by atoms with van der Waals surface area (Å²) >= 11 is 0.963. The number of hydrogen-bond donors (Lipinski definition) is 8. The number of nitrogens with one attached hydrogen (secondary N) is 1. The summed E-state index contributed by atoms with van der Waals surface area (Å²) in [6.45, 7) is -0.974. The van der Waals surface area contributed by atoms with Crippen molar-refractivity contribution in [1.82, 2.24) is 9.97 Å². The Labute approximate surface area is 180 Å². The fourth-order valence-corrected chi connectivity index (χ4v) is 6.84. The fraction of sp³-hybridized carbons (Fsp3) is 0.455. The highest BCUT2D eigenvalue weighted by atomic mass is 32.1. The van der Waals surface area contributed by atoms with Gasteiger partial charge in [0.15, 0.2) is 0 Å². The van der Waals surface area contributed by atoms with Crippen LogP contribution in [0, 0.1) is 0 Å². The number of rotatable bonds is 8. The highest BCUT2D eigenvalue weighted by Crippen LogP contribution is 2.66. The molecule has 3 heterocycles. The predicted molar refractivity (Wildman–Crippen MR) is 104 cm³/mol. The van der Waals surface area contributed by atoms with Crippen LogP contribution in [-0.4, -0.2) is 64.7 Å². The van der Waals surface area contributed by atoms with Gasteiger partial charge in [-0.2, -0.15) is 8.62 Å². The Balaban J connectivity index is 1.72. The van der Waals surface area contributed by atoms with Gasteiger partial charge in [-0.1, -0.05) is 0 Å². The summed E-state index contributed by atoms with van der Waals surface area (Å²) in [5, 5.41) is 22.1. The van der Waals surface area contributed by atoms with Gasteiger partial charge >= 0.3 is 23.5 Å². The van der Waals surface area contributed by atoms with Crippen molar-refractivity contribution in [2.24, 2.45) is 0 Å². The lowest BCUT2D eigenvalue weighted by atomic mass is 10.1. The first kappa shape index (κ1) is 25.6. The highest BCUT2D eigenvalue weighted by molar-refractivity contribution is 7.66. The molecule has 3 rings (SSSR count). The number of nitrogens with zero attached hydrogens (tertiary/aromatic N) is 1. The maximum atomic E-state index is 11.9. The Morgan fingerprint density at radius 1 is 1.12 bits per heavy atom. The smallest absolute Gasteiger partial charge is 0.387 e. The van der Waals surface area contributed by atoms with Gasteiger partial charge < -0.3 is 40.3 Å². The molecular weight excluding hydrogens is 523 g/mol. The molecule has 2 aromatic rings. The van der Waals surface area contributed by atoms with E-state index in [-0.39, 0.29) is 21.7 Å². The molecule has 0 amide bonds. The number of anilines is 1. The van der Waals surface area contributed by atoms with Crippen molar-refractivity contribution < 1.29 is 61.4 Å². The monoisotopic (exact) mass is 539 g/mol. The molecule has 0 spiro atoms. The lowest BCUT2D eigenvalue weighted by Gasteiger charge is -2.19. The van der Waals surface area contributed by atoms with Crippen LogP contribution in [0.5, 0.6) is 0 Å². The molecule has 0 bridgehead atoms. The predicted octanol–water partition coefficient (Wildman–Crippen LogP) is -0.928. The van der Waals surface area contributed by atoms with Crippen molar-refractivity contribution in [3.8, 4) is 0 Å². The molecule has 2 aromatic heterocycles. The van der Waals surface area contributed by atoms with Gasteiger partial charge in [0.25, 0.3) is 5.56 Å². The van der Waals surface area contributed by atoms with E-state index in [2.05, 4.69) is 23.1 Å². The third-order valence-corrected chi connectivity index (χ3v) is 8.79.